The minimum Gasteiger partial charge on any atom is -0.452 e. The van der Waals surface area contributed by atoms with Crippen molar-refractivity contribution in [2.75, 3.05) is 13.2 Å². The maximum absolute atomic E-state index is 12.2. The number of rotatable bonds is 4. The van der Waals surface area contributed by atoms with Gasteiger partial charge in [-0.2, -0.15) is 0 Å². The molecule has 0 N–H and O–H groups in total. The molecule has 1 aliphatic rings. The number of nitrogens with zero attached hydrogens (tertiary/aromatic N) is 2. The molecule has 0 spiro atoms. The van der Waals surface area contributed by atoms with Gasteiger partial charge < -0.3 is 9.64 Å². The fourth-order valence-electron chi connectivity index (χ4n) is 2.57. The van der Waals surface area contributed by atoms with Crippen LogP contribution in [-0.4, -0.2) is 41.0 Å². The third kappa shape index (κ3) is 4.27. The maximum atomic E-state index is 12.2. The number of hydrogen-bond donors (Lipinski definition) is 0. The molecule has 1 amide bonds. The van der Waals surface area contributed by atoms with Crippen LogP contribution < -0.4 is 0 Å². The van der Waals surface area contributed by atoms with Gasteiger partial charge in [-0.05, 0) is 47.7 Å². The molecule has 0 saturated carbocycles. The second-order valence-electron chi connectivity index (χ2n) is 5.11. The van der Waals surface area contributed by atoms with Crippen LogP contribution in [0.2, 0.25) is 0 Å². The molecule has 0 aliphatic carbocycles. The van der Waals surface area contributed by atoms with Gasteiger partial charge in [-0.15, -0.1) is 0 Å². The zero-order valence-electron chi connectivity index (χ0n) is 12.0. The van der Waals surface area contributed by atoms with Gasteiger partial charge in [-0.1, -0.05) is 6.92 Å². The molecule has 1 aromatic heterocycles. The highest BCUT2D eigenvalue weighted by atomic mass is 79.9. The van der Waals surface area contributed by atoms with Gasteiger partial charge in [0.05, 0.1) is 5.56 Å². The van der Waals surface area contributed by atoms with Crippen LogP contribution in [-0.2, 0) is 9.53 Å². The van der Waals surface area contributed by atoms with E-state index in [-0.39, 0.29) is 18.6 Å². The average molecular weight is 355 g/mol. The van der Waals surface area contributed by atoms with E-state index in [1.807, 2.05) is 4.90 Å². The Morgan fingerprint density at radius 3 is 2.95 bits per heavy atom. The highest BCUT2D eigenvalue weighted by Crippen LogP contribution is 2.19. The minimum atomic E-state index is -0.526. The van der Waals surface area contributed by atoms with E-state index in [0.29, 0.717) is 10.0 Å². The van der Waals surface area contributed by atoms with Crippen molar-refractivity contribution in [3.05, 3.63) is 28.5 Å². The van der Waals surface area contributed by atoms with Gasteiger partial charge in [0.1, 0.15) is 0 Å². The van der Waals surface area contributed by atoms with E-state index in [4.69, 9.17) is 4.74 Å². The molecule has 1 saturated heterocycles. The van der Waals surface area contributed by atoms with Gasteiger partial charge in [-0.3, -0.25) is 9.78 Å². The Morgan fingerprint density at radius 1 is 1.43 bits per heavy atom. The Morgan fingerprint density at radius 2 is 2.24 bits per heavy atom. The molecule has 1 atom stereocenters. The Balaban J connectivity index is 1.90. The molecule has 1 aromatic rings. The Kier molecular flexibility index (Phi) is 5.73. The lowest BCUT2D eigenvalue weighted by Crippen LogP contribution is -2.45. The van der Waals surface area contributed by atoms with Crippen LogP contribution in [0.3, 0.4) is 0 Å². The average Bonchev–Trinajstić information content (AvgIpc) is 2.52. The lowest BCUT2D eigenvalue weighted by atomic mass is 10.00. The van der Waals surface area contributed by atoms with Crippen molar-refractivity contribution >= 4 is 27.8 Å². The van der Waals surface area contributed by atoms with Gasteiger partial charge in [0.25, 0.3) is 5.91 Å². The highest BCUT2D eigenvalue weighted by molar-refractivity contribution is 9.10. The number of hydrogen-bond acceptors (Lipinski definition) is 4. The lowest BCUT2D eigenvalue weighted by molar-refractivity contribution is -0.138. The van der Waals surface area contributed by atoms with Crippen LogP contribution in [0.15, 0.2) is 22.9 Å². The minimum absolute atomic E-state index is 0.113. The molecule has 0 radical (unpaired) electrons. The molecule has 1 aliphatic heterocycles. The first-order valence-electron chi connectivity index (χ1n) is 7.19. The highest BCUT2D eigenvalue weighted by Gasteiger charge is 2.26. The number of aromatic nitrogens is 1. The van der Waals surface area contributed by atoms with Crippen molar-refractivity contribution in [2.45, 2.75) is 38.6 Å². The van der Waals surface area contributed by atoms with Crippen LogP contribution in [0.25, 0.3) is 0 Å². The predicted molar refractivity (Wildman–Crippen MR) is 81.9 cm³/mol. The largest absolute Gasteiger partial charge is 0.452 e. The Labute approximate surface area is 132 Å². The molecule has 0 unspecified atom stereocenters. The molecule has 5 nitrogen and oxygen atoms in total. The number of carbonyl (C=O) groups excluding carboxylic acids is 2. The summed E-state index contributed by atoms with van der Waals surface area (Å²) in [4.78, 5) is 29.8. The van der Waals surface area contributed by atoms with Crippen LogP contribution in [0, 0.1) is 0 Å². The summed E-state index contributed by atoms with van der Waals surface area (Å²) in [5.41, 5.74) is 0.336. The van der Waals surface area contributed by atoms with E-state index in [0.717, 1.165) is 32.2 Å². The van der Waals surface area contributed by atoms with Gasteiger partial charge in [0.15, 0.2) is 6.61 Å². The van der Waals surface area contributed by atoms with Gasteiger partial charge in [0.2, 0.25) is 0 Å². The number of amides is 1. The fourth-order valence-corrected chi connectivity index (χ4v) is 2.94. The Bertz CT molecular complexity index is 521. The van der Waals surface area contributed by atoms with E-state index in [1.54, 1.807) is 12.3 Å². The van der Waals surface area contributed by atoms with Crippen molar-refractivity contribution in [1.82, 2.24) is 9.88 Å². The fraction of sp³-hybridized carbons (Fsp3) is 0.533. The summed E-state index contributed by atoms with van der Waals surface area (Å²) in [7, 11) is 0. The molecule has 21 heavy (non-hydrogen) atoms. The second kappa shape index (κ2) is 7.54. The lowest BCUT2D eigenvalue weighted by Gasteiger charge is -2.35. The van der Waals surface area contributed by atoms with E-state index in [9.17, 15) is 9.59 Å². The molecular weight excluding hydrogens is 336 g/mol. The Hall–Kier alpha value is -1.43. The van der Waals surface area contributed by atoms with Gasteiger partial charge >= 0.3 is 5.97 Å². The van der Waals surface area contributed by atoms with Crippen molar-refractivity contribution in [2.24, 2.45) is 0 Å². The normalized spacial score (nSPS) is 18.4. The van der Waals surface area contributed by atoms with Gasteiger partial charge in [0, 0.05) is 29.5 Å². The van der Waals surface area contributed by atoms with Gasteiger partial charge in [-0.25, -0.2) is 4.79 Å². The second-order valence-corrected chi connectivity index (χ2v) is 6.03. The first-order valence-corrected chi connectivity index (χ1v) is 7.98. The molecule has 1 fully saturated rings. The summed E-state index contributed by atoms with van der Waals surface area (Å²) < 4.78 is 5.80. The van der Waals surface area contributed by atoms with Crippen LogP contribution in [0.4, 0.5) is 0 Å². The molecular formula is C15H19BrN2O3. The van der Waals surface area contributed by atoms with E-state index in [2.05, 4.69) is 27.8 Å². The van der Waals surface area contributed by atoms with Crippen molar-refractivity contribution in [1.29, 1.82) is 0 Å². The number of esters is 1. The number of pyridine rings is 1. The molecule has 2 rings (SSSR count). The first-order chi connectivity index (χ1) is 10.1. The number of carbonyl (C=O) groups is 2. The summed E-state index contributed by atoms with van der Waals surface area (Å²) in [5.74, 6) is -0.639. The molecule has 2 heterocycles. The SMILES string of the molecule is CC[C@@H]1CCCCN1C(=O)COC(=O)c1cncc(Br)c1. The third-order valence-electron chi connectivity index (χ3n) is 3.69. The summed E-state index contributed by atoms with van der Waals surface area (Å²) in [6, 6.07) is 1.90. The summed E-state index contributed by atoms with van der Waals surface area (Å²) >= 11 is 3.24. The number of ether oxygens (including phenoxy) is 1. The van der Waals surface area contributed by atoms with Crippen molar-refractivity contribution in [3.8, 4) is 0 Å². The molecule has 0 aromatic carbocycles. The molecule has 114 valence electrons. The number of piperidine rings is 1. The summed E-state index contributed by atoms with van der Waals surface area (Å²) in [5, 5.41) is 0. The molecule has 0 bridgehead atoms. The summed E-state index contributed by atoms with van der Waals surface area (Å²) in [6.07, 6.45) is 7.16. The topological polar surface area (TPSA) is 59.5 Å². The van der Waals surface area contributed by atoms with Crippen LogP contribution in [0.5, 0.6) is 0 Å². The van der Waals surface area contributed by atoms with E-state index >= 15 is 0 Å². The van der Waals surface area contributed by atoms with Crippen LogP contribution in [0.1, 0.15) is 43.0 Å². The van der Waals surface area contributed by atoms with Crippen LogP contribution >= 0.6 is 15.9 Å². The quantitative estimate of drug-likeness (QED) is 0.780. The predicted octanol–water partition coefficient (Wildman–Crippen LogP) is 2.79. The zero-order chi connectivity index (χ0) is 15.2. The molecule has 6 heteroatoms. The van der Waals surface area contributed by atoms with E-state index in [1.165, 1.54) is 6.20 Å². The monoisotopic (exact) mass is 354 g/mol. The third-order valence-corrected chi connectivity index (χ3v) is 4.12. The number of likely N-dealkylation sites (tertiary alicyclic amines) is 1. The summed E-state index contributed by atoms with van der Waals surface area (Å²) in [6.45, 7) is 2.63. The van der Waals surface area contributed by atoms with Crippen molar-refractivity contribution < 1.29 is 14.3 Å². The number of halogens is 1. The van der Waals surface area contributed by atoms with Crippen molar-refractivity contribution in [3.63, 3.8) is 0 Å². The standard InChI is InChI=1S/C15H19BrN2O3/c1-2-13-5-3-4-6-18(13)14(19)10-21-15(20)11-7-12(16)9-17-8-11/h7-9,13H,2-6,10H2,1H3/t13-/m1/s1. The smallest absolute Gasteiger partial charge is 0.340 e. The van der Waals surface area contributed by atoms with E-state index < -0.39 is 5.97 Å². The first kappa shape index (κ1) is 15.9. The maximum Gasteiger partial charge on any atom is 0.340 e. The zero-order valence-corrected chi connectivity index (χ0v) is 13.6.